The van der Waals surface area contributed by atoms with E-state index in [-0.39, 0.29) is 11.5 Å². The molecule has 2 unspecified atom stereocenters. The zero-order chi connectivity index (χ0) is 26.4. The van der Waals surface area contributed by atoms with Gasteiger partial charge in [-0.05, 0) is 37.3 Å². The maximum Gasteiger partial charge on any atom is 0.163 e. The lowest BCUT2D eigenvalue weighted by Crippen LogP contribution is -2.62. The Kier molecular flexibility index (Phi) is 8.91. The molecular formula is C27H40N5O5-. The van der Waals surface area contributed by atoms with E-state index in [1.807, 2.05) is 32.9 Å². The van der Waals surface area contributed by atoms with Crippen LogP contribution >= 0.6 is 0 Å². The highest BCUT2D eigenvalue weighted by atomic mass is 16.5. The van der Waals surface area contributed by atoms with Gasteiger partial charge in [0, 0.05) is 44.2 Å². The van der Waals surface area contributed by atoms with Gasteiger partial charge in [0.1, 0.15) is 24.8 Å². The van der Waals surface area contributed by atoms with E-state index in [0.29, 0.717) is 57.0 Å². The zero-order valence-corrected chi connectivity index (χ0v) is 22.5. The number of carbonyl (C=O) groups is 1. The molecule has 4 rings (SSSR count). The number of aromatic nitrogens is 2. The number of ether oxygens (including phenoxy) is 3. The van der Waals surface area contributed by atoms with Crippen molar-refractivity contribution in [3.63, 3.8) is 0 Å². The monoisotopic (exact) mass is 514 g/mol. The molecule has 1 aromatic heterocycles. The summed E-state index contributed by atoms with van der Waals surface area (Å²) in [6.45, 7) is 10.0. The first-order valence-corrected chi connectivity index (χ1v) is 13.3. The predicted molar refractivity (Wildman–Crippen MR) is 140 cm³/mol. The Hall–Kier alpha value is -2.85. The molecule has 3 heterocycles. The van der Waals surface area contributed by atoms with Crippen molar-refractivity contribution >= 4 is 22.8 Å². The van der Waals surface area contributed by atoms with Crippen LogP contribution in [0.4, 0.5) is 10.6 Å². The molecule has 0 bridgehead atoms. The van der Waals surface area contributed by atoms with E-state index in [4.69, 9.17) is 14.2 Å². The van der Waals surface area contributed by atoms with Crippen molar-refractivity contribution < 1.29 is 24.1 Å². The molecule has 2 atom stereocenters. The number of nitrogens with zero attached hydrogens (tertiary/aromatic N) is 4. The van der Waals surface area contributed by atoms with Gasteiger partial charge in [0.05, 0.1) is 24.8 Å². The highest BCUT2D eigenvalue weighted by Crippen LogP contribution is 2.37. The fourth-order valence-corrected chi connectivity index (χ4v) is 5.18. The van der Waals surface area contributed by atoms with Crippen molar-refractivity contribution in [2.24, 2.45) is 5.41 Å². The number of piperidine rings is 1. The number of hydrogen-bond donors (Lipinski definition) is 1. The van der Waals surface area contributed by atoms with E-state index >= 15 is 0 Å². The Labute approximate surface area is 219 Å². The molecule has 2 aromatic rings. The van der Waals surface area contributed by atoms with Gasteiger partial charge in [0.2, 0.25) is 0 Å². The smallest absolute Gasteiger partial charge is 0.163 e. The van der Waals surface area contributed by atoms with Gasteiger partial charge in [-0.2, -0.15) is 0 Å². The van der Waals surface area contributed by atoms with Crippen LogP contribution in [0.25, 0.3) is 10.9 Å². The molecule has 0 spiro atoms. The first-order chi connectivity index (χ1) is 17.8. The van der Waals surface area contributed by atoms with Crippen molar-refractivity contribution in [1.29, 1.82) is 0 Å². The van der Waals surface area contributed by atoms with Crippen LogP contribution < -0.4 is 24.8 Å². The Morgan fingerprint density at radius 3 is 2.59 bits per heavy atom. The van der Waals surface area contributed by atoms with Gasteiger partial charge in [-0.3, -0.25) is 0 Å². The number of nitrogens with one attached hydrogen (secondary N) is 1. The second kappa shape index (κ2) is 12.1. The Morgan fingerprint density at radius 1 is 1.11 bits per heavy atom. The van der Waals surface area contributed by atoms with Gasteiger partial charge in [-0.15, -0.1) is 0 Å². The van der Waals surface area contributed by atoms with Crippen LogP contribution in [0, 0.1) is 5.41 Å². The minimum atomic E-state index is -1.13. The summed E-state index contributed by atoms with van der Waals surface area (Å²) in [7, 11) is 1.64. The second-order valence-electron chi connectivity index (χ2n) is 10.9. The first-order valence-electron chi connectivity index (χ1n) is 13.3. The third-order valence-electron chi connectivity index (χ3n) is 7.28. The predicted octanol–water partition coefficient (Wildman–Crippen LogP) is 2.45. The molecular weight excluding hydrogens is 474 g/mol. The highest BCUT2D eigenvalue weighted by molar-refractivity contribution is 5.92. The molecule has 2 fully saturated rings. The van der Waals surface area contributed by atoms with E-state index in [1.54, 1.807) is 13.4 Å². The topological polar surface area (TPSA) is 112 Å². The van der Waals surface area contributed by atoms with Gasteiger partial charge >= 0.3 is 0 Å². The number of carbonyl (C=O) groups excluding carboxylic acids is 1. The Balaban J connectivity index is 1.60. The fourth-order valence-electron chi connectivity index (χ4n) is 5.18. The summed E-state index contributed by atoms with van der Waals surface area (Å²) < 4.78 is 17.4. The fraction of sp³-hybridized carbons (Fsp3) is 0.667. The van der Waals surface area contributed by atoms with E-state index in [2.05, 4.69) is 20.2 Å². The summed E-state index contributed by atoms with van der Waals surface area (Å²) in [4.78, 5) is 24.5. The van der Waals surface area contributed by atoms with Gasteiger partial charge < -0.3 is 39.2 Å². The number of benzene rings is 1. The van der Waals surface area contributed by atoms with Crippen LogP contribution in [0.5, 0.6) is 11.5 Å². The number of fused-ring (bicyclic) bond motifs is 1. The Bertz CT molecular complexity index is 1050. The van der Waals surface area contributed by atoms with E-state index in [0.717, 1.165) is 29.7 Å². The molecule has 2 aliphatic heterocycles. The molecule has 204 valence electrons. The summed E-state index contributed by atoms with van der Waals surface area (Å²) in [6, 6.07) is 4.10. The number of anilines is 1. The lowest BCUT2D eigenvalue weighted by Gasteiger charge is -2.48. The van der Waals surface area contributed by atoms with E-state index < -0.39 is 6.09 Å². The quantitative estimate of drug-likeness (QED) is 0.504. The van der Waals surface area contributed by atoms with Crippen molar-refractivity contribution in [2.45, 2.75) is 58.5 Å². The number of amides is 1. The molecule has 2 saturated heterocycles. The zero-order valence-electron chi connectivity index (χ0n) is 22.5. The van der Waals surface area contributed by atoms with E-state index in [9.17, 15) is 9.90 Å². The number of hydrogen-bond acceptors (Lipinski definition) is 9. The lowest BCUT2D eigenvalue weighted by molar-refractivity contribution is -0.270. The average Bonchev–Trinajstić information content (AvgIpc) is 2.88. The number of methoxy groups -OCH3 is 1. The molecule has 0 saturated carbocycles. The molecule has 0 aliphatic carbocycles. The third kappa shape index (κ3) is 6.73. The maximum absolute atomic E-state index is 11.8. The normalized spacial score (nSPS) is 20.8. The van der Waals surface area contributed by atoms with Crippen LogP contribution in [-0.2, 0) is 4.74 Å². The summed E-state index contributed by atoms with van der Waals surface area (Å²) in [5.74, 6) is 2.03. The van der Waals surface area contributed by atoms with Crippen molar-refractivity contribution in [3.05, 3.63) is 18.5 Å². The minimum absolute atomic E-state index is 0.232. The molecule has 0 radical (unpaired) electrons. The van der Waals surface area contributed by atoms with Crippen molar-refractivity contribution in [3.8, 4) is 11.5 Å². The van der Waals surface area contributed by atoms with Crippen molar-refractivity contribution in [1.82, 2.24) is 20.2 Å². The van der Waals surface area contributed by atoms with Crippen molar-refractivity contribution in [2.75, 3.05) is 58.0 Å². The highest BCUT2D eigenvalue weighted by Gasteiger charge is 2.36. The first kappa shape index (κ1) is 27.2. The van der Waals surface area contributed by atoms with Crippen LogP contribution in [0.3, 0.4) is 0 Å². The Morgan fingerprint density at radius 2 is 1.89 bits per heavy atom. The SMILES string of the molecule is COCCOc1cc2c(N3CCN(C(=O)[O-])C(C(C)(C)C)C3)ncnc2cc1OCCC1CCCCN1. The molecule has 37 heavy (non-hydrogen) atoms. The van der Waals surface area contributed by atoms with Crippen LogP contribution in [0.15, 0.2) is 18.5 Å². The van der Waals surface area contributed by atoms with Crippen LogP contribution in [0.1, 0.15) is 46.5 Å². The largest absolute Gasteiger partial charge is 0.530 e. The molecule has 10 nitrogen and oxygen atoms in total. The van der Waals surface area contributed by atoms with Gasteiger partial charge in [-0.1, -0.05) is 27.2 Å². The second-order valence-corrected chi connectivity index (χ2v) is 10.9. The molecule has 10 heteroatoms. The summed E-state index contributed by atoms with van der Waals surface area (Å²) in [6.07, 6.45) is 5.02. The number of carboxylic acid groups (broad SMARTS) is 1. The van der Waals surface area contributed by atoms with Gasteiger partial charge in [-0.25, -0.2) is 9.97 Å². The third-order valence-corrected chi connectivity index (χ3v) is 7.28. The summed E-state index contributed by atoms with van der Waals surface area (Å²) >= 11 is 0. The minimum Gasteiger partial charge on any atom is -0.530 e. The van der Waals surface area contributed by atoms with Crippen LogP contribution in [-0.4, -0.2) is 86.2 Å². The average molecular weight is 515 g/mol. The van der Waals surface area contributed by atoms with Gasteiger partial charge in [0.15, 0.2) is 11.5 Å². The molecule has 1 aromatic carbocycles. The number of piperazine rings is 1. The summed E-state index contributed by atoms with van der Waals surface area (Å²) in [5, 5.41) is 16.2. The summed E-state index contributed by atoms with van der Waals surface area (Å²) in [5.41, 5.74) is 0.494. The maximum atomic E-state index is 11.8. The molecule has 1 N–H and O–H groups in total. The molecule has 1 amide bonds. The number of rotatable bonds is 9. The van der Waals surface area contributed by atoms with Gasteiger partial charge in [0.25, 0.3) is 0 Å². The van der Waals surface area contributed by atoms with Crippen LogP contribution in [0.2, 0.25) is 0 Å². The lowest BCUT2D eigenvalue weighted by atomic mass is 9.84. The van der Waals surface area contributed by atoms with E-state index in [1.165, 1.54) is 24.2 Å². The standard InChI is InChI=1S/C27H41N5O5/c1-27(2,3)24-17-31(10-11-32(24)26(33)34)25-20-15-22(37-14-13-35-4)23(16-21(20)29-18-30-25)36-12-8-19-7-5-6-9-28-19/h15-16,18-19,24,28H,5-14,17H2,1-4H3,(H,33,34)/p-1. The molecule has 2 aliphatic rings.